The van der Waals surface area contributed by atoms with Crippen molar-refractivity contribution in [2.24, 2.45) is 11.8 Å². The smallest absolute Gasteiger partial charge is 0.338 e. The number of hydrogen-bond acceptors (Lipinski definition) is 32. The van der Waals surface area contributed by atoms with Crippen molar-refractivity contribution in [1.29, 1.82) is 0 Å². The Morgan fingerprint density at radius 2 is 1.51 bits per heavy atom. The molecule has 15 atom stereocenters. The lowest BCUT2D eigenvalue weighted by Crippen LogP contribution is -2.65. The van der Waals surface area contributed by atoms with E-state index in [4.69, 9.17) is 43.2 Å². The molecule has 3 heterocycles. The number of carboxylic acid groups (broad SMARTS) is 1. The molecule has 2 saturated carbocycles. The van der Waals surface area contributed by atoms with Gasteiger partial charge in [-0.25, -0.2) is 14.8 Å². The van der Waals surface area contributed by atoms with E-state index in [9.17, 15) is 95.6 Å². The summed E-state index contributed by atoms with van der Waals surface area (Å²) in [4.78, 5) is 86.8. The lowest BCUT2D eigenvalue weighted by atomic mass is 9.78. The van der Waals surface area contributed by atoms with E-state index in [1.165, 1.54) is 37.3 Å². The van der Waals surface area contributed by atoms with Crippen molar-refractivity contribution < 1.29 is 148 Å². The first-order chi connectivity index (χ1) is 47.0. The zero-order valence-electron chi connectivity index (χ0n) is 52.7. The van der Waals surface area contributed by atoms with Crippen molar-refractivity contribution in [3.63, 3.8) is 0 Å². The number of Topliss-reactive ketones (excluding diaryl/α,β-unsaturated/α-hetero) is 2. The number of aliphatic hydroxyl groups excluding tert-OH is 5. The number of rotatable bonds is 34. The molecule has 0 radical (unpaired) electrons. The van der Waals surface area contributed by atoms with Crippen molar-refractivity contribution in [3.8, 4) is 11.9 Å². The van der Waals surface area contributed by atoms with E-state index in [-0.39, 0.29) is 78.3 Å². The van der Waals surface area contributed by atoms with Crippen molar-refractivity contribution >= 4 is 84.1 Å². The number of anilines is 1. The van der Waals surface area contributed by atoms with Gasteiger partial charge in [0.1, 0.15) is 72.3 Å². The summed E-state index contributed by atoms with van der Waals surface area (Å²) >= 11 is 0.373. The first kappa shape index (κ1) is 77.9. The van der Waals surface area contributed by atoms with Gasteiger partial charge < -0.3 is 94.7 Å². The van der Waals surface area contributed by atoms with Gasteiger partial charge in [-0.1, -0.05) is 55.3 Å². The van der Waals surface area contributed by atoms with E-state index < -0.39 is 207 Å². The summed E-state index contributed by atoms with van der Waals surface area (Å²) in [6.07, 6.45) is -19.8. The zero-order valence-corrected chi connectivity index (χ0v) is 55.2. The van der Waals surface area contributed by atoms with E-state index in [0.717, 1.165) is 37.5 Å². The Morgan fingerprint density at radius 1 is 0.788 bits per heavy atom. The minimum Gasteiger partial charge on any atom is -0.493 e. The number of aliphatic hydroxyl groups is 5. The second-order valence-electron chi connectivity index (χ2n) is 23.8. The first-order valence-corrected chi connectivity index (χ1v) is 34.7. The van der Waals surface area contributed by atoms with Crippen LogP contribution in [-0.4, -0.2) is 249 Å². The lowest BCUT2D eigenvalue weighted by Gasteiger charge is -2.49. The fraction of sp³-hybridized carbons (Fsp3) is 0.567. The number of aliphatic carboxylic acids is 1. The van der Waals surface area contributed by atoms with Crippen LogP contribution in [-0.2, 0) is 86.7 Å². The van der Waals surface area contributed by atoms with Gasteiger partial charge in [-0.3, -0.25) is 28.3 Å². The summed E-state index contributed by atoms with van der Waals surface area (Å²) in [5.74, 6) is -7.46. The molecule has 4 fully saturated rings. The molecule has 8 rings (SSSR count). The molecule has 1 aromatic heterocycles. The summed E-state index contributed by atoms with van der Waals surface area (Å²) in [6.45, 7) is -1.80. The molecular formula is C60H77N5O31S3. The Morgan fingerprint density at radius 3 is 2.17 bits per heavy atom. The number of nitrogens with zero attached hydrogens (tertiary/aromatic N) is 2. The van der Waals surface area contributed by atoms with Crippen LogP contribution in [0.3, 0.4) is 0 Å². The molecule has 0 bridgehead atoms. The fourth-order valence-electron chi connectivity index (χ4n) is 12.0. The molecule has 2 amide bonds. The maximum Gasteiger partial charge on any atom is 0.338 e. The van der Waals surface area contributed by atoms with Crippen molar-refractivity contribution in [1.82, 2.24) is 20.6 Å². The molecule has 4 aliphatic rings. The Hall–Kier alpha value is -6.81. The zero-order chi connectivity index (χ0) is 71.9. The molecule has 36 nitrogen and oxygen atoms in total. The van der Waals surface area contributed by atoms with Crippen LogP contribution in [0.25, 0.3) is 10.8 Å². The topological polar surface area (TPSA) is 547 Å². The average Bonchev–Trinajstić information content (AvgIpc) is 0.592. The Kier molecular flexibility index (Phi) is 28.1. The van der Waals surface area contributed by atoms with Crippen LogP contribution >= 0.6 is 12.0 Å². The molecule has 3 aromatic carbocycles. The number of fused-ring (bicyclic) bond motifs is 1. The summed E-state index contributed by atoms with van der Waals surface area (Å²) in [6, 6.07) is 9.49. The number of aromatic nitrogens is 2. The third-order valence-electron chi connectivity index (χ3n) is 16.8. The highest BCUT2D eigenvalue weighted by Gasteiger charge is 2.55. The largest absolute Gasteiger partial charge is 0.493 e. The molecule has 99 heavy (non-hydrogen) atoms. The standard InChI is InChI=1S/C60H77N5O31S3/c1-29-48(71)50(73)51(74)58(89-29)94-52-38(63-55(75)39-24-45(69)65-60(79)64-39)20-32(21-41(52)91-59-54(93-57(78)31-11-6-3-7-12-31)53(49(72)43(26-66)92-59)90-42(56(76)77)17-30-9-4-2-5-10-30)40(68)13-8-14-61-46(70)28-88-16-15-87-27-34(67)25-62-37-22-35(97-96-95-80)18-33-19-36(98(81,82)83)23-44(47(33)37)99(84,85)86/h3,6-7,11-12,18-19,22-24,29-30,32,38,41-43,48-54,58-59,62,66,71-74,80H,2,4-5,8-10,13-17,20-21,25-28H2,1H3,(H,61,70)(H,63,75)(H,76,77)(H,81,82,83)(H,84,85,86)(H2,64,65,69,79)/t29?,32?,38?,41?,42-,43?,48?,49?,50?,51?,52?,53?,54?,58?,59?/m0/s1. The summed E-state index contributed by atoms with van der Waals surface area (Å²) in [5, 5.41) is 106. The quantitative estimate of drug-likeness (QED) is 0.00750. The van der Waals surface area contributed by atoms with E-state index in [1.54, 1.807) is 6.07 Å². The molecule has 2 aliphatic carbocycles. The van der Waals surface area contributed by atoms with Gasteiger partial charge in [-0.2, -0.15) is 26.8 Å². The van der Waals surface area contributed by atoms with Gasteiger partial charge in [0.25, 0.3) is 26.1 Å². The highest BCUT2D eigenvalue weighted by Crippen LogP contribution is 2.40. The third-order valence-corrected chi connectivity index (χ3v) is 19.1. The number of carboxylic acids is 1. The number of carbonyl (C=O) groups is 6. The van der Waals surface area contributed by atoms with Gasteiger partial charge in [0.15, 0.2) is 30.6 Å². The number of amides is 2. The number of nitrogens with one attached hydrogen (secondary N) is 3. The number of esters is 1. The van der Waals surface area contributed by atoms with E-state index in [1.807, 2.05) is 0 Å². The van der Waals surface area contributed by atoms with Gasteiger partial charge in [-0.15, -0.1) is 4.33 Å². The Balaban J connectivity index is 0.954. The SMILES string of the molecule is CC1OC(OC2C(NC(=O)c3cc(O)nc(O)n3)CC(C(=O)CCCNC(=O)COCCOCC(=O)CNc3cc(SOOO)cc4cc(S(=O)(=O)O)cc(S(=O)(=O)O)c34)CC2OC2OC(CO)C(O)C(O[C@@H](CC3CCCCC3)C(=O)O)C2OC(=O)c2ccccc2)C(O)C(O)C1O. The van der Waals surface area contributed by atoms with Crippen molar-refractivity contribution in [3.05, 3.63) is 71.9 Å². The number of aromatic hydroxyl groups is 2. The third kappa shape index (κ3) is 21.4. The molecule has 2 aliphatic heterocycles. The second kappa shape index (κ2) is 35.7. The van der Waals surface area contributed by atoms with Gasteiger partial charge in [-0.05, 0) is 80.3 Å². The second-order valence-corrected chi connectivity index (χ2v) is 27.4. The Bertz CT molecular complexity index is 3670. The van der Waals surface area contributed by atoms with E-state index >= 15 is 0 Å². The number of ketones is 2. The van der Waals surface area contributed by atoms with E-state index in [2.05, 4.69) is 35.3 Å². The minimum atomic E-state index is -5.17. The van der Waals surface area contributed by atoms with Crippen molar-refractivity contribution in [2.45, 2.75) is 172 Å². The summed E-state index contributed by atoms with van der Waals surface area (Å²) < 4.78 is 121. The summed E-state index contributed by atoms with van der Waals surface area (Å²) in [7, 11) is -10.2. The molecular weight excluding hydrogens is 1380 g/mol. The van der Waals surface area contributed by atoms with Crippen LogP contribution < -0.4 is 16.0 Å². The average molecular weight is 1460 g/mol. The van der Waals surface area contributed by atoms with E-state index in [0.29, 0.717) is 31.0 Å². The van der Waals surface area contributed by atoms with Crippen molar-refractivity contribution in [2.75, 3.05) is 51.4 Å². The predicted octanol–water partition coefficient (Wildman–Crippen LogP) is 0.361. The molecule has 0 spiro atoms. The number of benzene rings is 3. The molecule has 14 N–H and O–H groups in total. The van der Waals surface area contributed by atoms with Gasteiger partial charge in [0.05, 0.1) is 67.1 Å². The highest BCUT2D eigenvalue weighted by atomic mass is 32.2. The first-order valence-electron chi connectivity index (χ1n) is 31.1. The number of hydrogen-bond donors (Lipinski definition) is 14. The summed E-state index contributed by atoms with van der Waals surface area (Å²) in [5.41, 5.74) is -0.794. The van der Waals surface area contributed by atoms with Crippen LogP contribution in [0.2, 0.25) is 0 Å². The maximum atomic E-state index is 14.6. The van der Waals surface area contributed by atoms with Crippen LogP contribution in [0.1, 0.15) is 92.0 Å². The normalized spacial score (nSPS) is 26.4. The highest BCUT2D eigenvalue weighted by molar-refractivity contribution is 7.94. The molecule has 4 aromatic rings. The lowest BCUT2D eigenvalue weighted by molar-refractivity contribution is -0.432. The van der Waals surface area contributed by atoms with Crippen LogP contribution in [0.5, 0.6) is 11.9 Å². The number of carbonyl (C=O) groups excluding carboxylic acids is 5. The van der Waals surface area contributed by atoms with Crippen LogP contribution in [0.4, 0.5) is 5.69 Å². The Labute approximate surface area is 569 Å². The molecule has 14 unspecified atom stereocenters. The monoisotopic (exact) mass is 1460 g/mol. The predicted molar refractivity (Wildman–Crippen MR) is 333 cm³/mol. The number of ether oxygens (including phenoxy) is 8. The molecule has 39 heteroatoms. The maximum absolute atomic E-state index is 14.6. The van der Waals surface area contributed by atoms with Crippen LogP contribution in [0.15, 0.2) is 75.4 Å². The van der Waals surface area contributed by atoms with Gasteiger partial charge in [0, 0.05) is 40.9 Å². The van der Waals surface area contributed by atoms with Crippen LogP contribution in [0, 0.1) is 11.8 Å². The molecule has 2 saturated heterocycles. The van der Waals surface area contributed by atoms with Gasteiger partial charge >= 0.3 is 17.9 Å². The minimum absolute atomic E-state index is 0.0149. The van der Waals surface area contributed by atoms with Gasteiger partial charge in [0.2, 0.25) is 11.8 Å². The molecule has 546 valence electrons. The fourth-order valence-corrected chi connectivity index (χ4v) is 13.8.